The molecule has 0 aromatic heterocycles. The minimum atomic E-state index is -1.64. The molecule has 4 nitrogen and oxygen atoms in total. The normalized spacial score (nSPS) is 19.8. The third-order valence-electron chi connectivity index (χ3n) is 1.37. The number of imide groups is 1. The molecule has 0 N–H and O–H groups in total. The molecule has 1 saturated heterocycles. The lowest BCUT2D eigenvalue weighted by Crippen LogP contribution is -2.36. The molecule has 0 radical (unpaired) electrons. The summed E-state index contributed by atoms with van der Waals surface area (Å²) in [7, 11) is 0. The minimum absolute atomic E-state index is 0.159. The van der Waals surface area contributed by atoms with Crippen LogP contribution in [-0.2, 0) is 9.53 Å². The molecule has 2 amide bonds. The van der Waals surface area contributed by atoms with Gasteiger partial charge in [0.15, 0.2) is 6.17 Å². The Morgan fingerprint density at radius 1 is 1.82 bits per heavy atom. The molecule has 1 aliphatic rings. The van der Waals surface area contributed by atoms with E-state index in [9.17, 15) is 14.0 Å². The van der Waals surface area contributed by atoms with Gasteiger partial charge in [-0.2, -0.15) is 0 Å². The van der Waals surface area contributed by atoms with E-state index in [1.165, 1.54) is 0 Å². The third-order valence-corrected chi connectivity index (χ3v) is 1.37. The van der Waals surface area contributed by atoms with Gasteiger partial charge in [-0.05, 0) is 6.92 Å². The van der Waals surface area contributed by atoms with Crippen molar-refractivity contribution >= 4 is 12.0 Å². The van der Waals surface area contributed by atoms with Crippen LogP contribution >= 0.6 is 0 Å². The van der Waals surface area contributed by atoms with Crippen LogP contribution in [0.15, 0.2) is 0 Å². The van der Waals surface area contributed by atoms with Crippen molar-refractivity contribution < 1.29 is 18.7 Å². The largest absolute Gasteiger partial charge is 0.447 e. The maximum absolute atomic E-state index is 12.3. The zero-order chi connectivity index (χ0) is 8.43. The van der Waals surface area contributed by atoms with Crippen molar-refractivity contribution in [1.82, 2.24) is 4.90 Å². The van der Waals surface area contributed by atoms with Crippen molar-refractivity contribution in [2.24, 2.45) is 0 Å². The van der Waals surface area contributed by atoms with Gasteiger partial charge in [-0.3, -0.25) is 4.79 Å². The maximum atomic E-state index is 12.3. The predicted octanol–water partition coefficient (Wildman–Crippen LogP) is 0.323. The van der Waals surface area contributed by atoms with E-state index in [4.69, 9.17) is 0 Å². The van der Waals surface area contributed by atoms with Crippen LogP contribution in [0.2, 0.25) is 0 Å². The summed E-state index contributed by atoms with van der Waals surface area (Å²) >= 11 is 0. The van der Waals surface area contributed by atoms with Gasteiger partial charge >= 0.3 is 6.09 Å². The van der Waals surface area contributed by atoms with Crippen LogP contribution in [0.25, 0.3) is 0 Å². The molecule has 1 aliphatic heterocycles. The van der Waals surface area contributed by atoms with E-state index < -0.39 is 18.2 Å². The number of carbonyl (C=O) groups excluding carboxylic acids is 2. The Hall–Kier alpha value is -1.13. The summed E-state index contributed by atoms with van der Waals surface area (Å²) in [6, 6.07) is 0. The van der Waals surface area contributed by atoms with E-state index in [-0.39, 0.29) is 13.2 Å². The topological polar surface area (TPSA) is 46.6 Å². The highest BCUT2D eigenvalue weighted by molar-refractivity contribution is 5.95. The SMILES string of the molecule is CC(F)C(=O)N1CCOC1=O. The zero-order valence-corrected chi connectivity index (χ0v) is 6.04. The highest BCUT2D eigenvalue weighted by Crippen LogP contribution is 2.06. The van der Waals surface area contributed by atoms with Gasteiger partial charge in [0.05, 0.1) is 6.54 Å². The molecule has 0 saturated carbocycles. The van der Waals surface area contributed by atoms with E-state index >= 15 is 0 Å². The van der Waals surface area contributed by atoms with E-state index in [1.54, 1.807) is 0 Å². The minimum Gasteiger partial charge on any atom is -0.447 e. The number of carbonyl (C=O) groups is 2. The first-order chi connectivity index (χ1) is 5.13. The van der Waals surface area contributed by atoms with Gasteiger partial charge in [0.25, 0.3) is 5.91 Å². The molecule has 0 bridgehead atoms. The smallest absolute Gasteiger partial charge is 0.416 e. The van der Waals surface area contributed by atoms with Crippen LogP contribution in [-0.4, -0.2) is 36.2 Å². The number of hydrogen-bond donors (Lipinski definition) is 0. The van der Waals surface area contributed by atoms with Crippen LogP contribution in [0.3, 0.4) is 0 Å². The molecule has 1 fully saturated rings. The summed E-state index contributed by atoms with van der Waals surface area (Å²) in [5.41, 5.74) is 0. The summed E-state index contributed by atoms with van der Waals surface area (Å²) < 4.78 is 16.8. The summed E-state index contributed by atoms with van der Waals surface area (Å²) in [6.07, 6.45) is -2.39. The fourth-order valence-electron chi connectivity index (χ4n) is 0.808. The number of cyclic esters (lactones) is 1. The number of ether oxygens (including phenoxy) is 1. The van der Waals surface area contributed by atoms with Gasteiger partial charge in [0.1, 0.15) is 6.61 Å². The van der Waals surface area contributed by atoms with Gasteiger partial charge in [-0.1, -0.05) is 0 Å². The zero-order valence-electron chi connectivity index (χ0n) is 6.04. The summed E-state index contributed by atoms with van der Waals surface area (Å²) in [6.45, 7) is 1.41. The number of alkyl halides is 1. The monoisotopic (exact) mass is 161 g/mol. The first kappa shape index (κ1) is 7.97. The van der Waals surface area contributed by atoms with Crippen LogP contribution < -0.4 is 0 Å². The molecule has 1 rings (SSSR count). The lowest BCUT2D eigenvalue weighted by Gasteiger charge is -2.10. The molecule has 1 atom stereocenters. The molecule has 0 aromatic rings. The highest BCUT2D eigenvalue weighted by Gasteiger charge is 2.31. The summed E-state index contributed by atoms with van der Waals surface area (Å²) in [4.78, 5) is 22.2. The van der Waals surface area contributed by atoms with Gasteiger partial charge in [0.2, 0.25) is 0 Å². The first-order valence-corrected chi connectivity index (χ1v) is 3.25. The fourth-order valence-corrected chi connectivity index (χ4v) is 0.808. The number of nitrogens with zero attached hydrogens (tertiary/aromatic N) is 1. The lowest BCUT2D eigenvalue weighted by atomic mass is 10.4. The Labute approximate surface area is 62.9 Å². The van der Waals surface area contributed by atoms with Crippen molar-refractivity contribution in [3.8, 4) is 0 Å². The third kappa shape index (κ3) is 1.47. The lowest BCUT2D eigenvalue weighted by molar-refractivity contribution is -0.132. The van der Waals surface area contributed by atoms with Gasteiger partial charge in [-0.15, -0.1) is 0 Å². The summed E-state index contributed by atoms with van der Waals surface area (Å²) in [5, 5.41) is 0. The number of rotatable bonds is 1. The standard InChI is InChI=1S/C6H8FNO3/c1-4(7)5(9)8-2-3-11-6(8)10/h4H,2-3H2,1H3. The van der Waals surface area contributed by atoms with Crippen LogP contribution in [0.4, 0.5) is 9.18 Å². The van der Waals surface area contributed by atoms with Crippen molar-refractivity contribution in [2.45, 2.75) is 13.1 Å². The second-order valence-electron chi connectivity index (χ2n) is 2.22. The summed E-state index contributed by atoms with van der Waals surface area (Å²) in [5.74, 6) is -0.826. The van der Waals surface area contributed by atoms with Crippen LogP contribution in [0.5, 0.6) is 0 Å². The first-order valence-electron chi connectivity index (χ1n) is 3.25. The van der Waals surface area contributed by atoms with Gasteiger partial charge in [-0.25, -0.2) is 14.1 Å². The molecule has 5 heteroatoms. The molecule has 1 unspecified atom stereocenters. The second-order valence-corrected chi connectivity index (χ2v) is 2.22. The van der Waals surface area contributed by atoms with Crippen molar-refractivity contribution in [3.05, 3.63) is 0 Å². The molecular formula is C6H8FNO3. The number of halogens is 1. The molecule has 0 aromatic carbocycles. The highest BCUT2D eigenvalue weighted by atomic mass is 19.1. The number of hydrogen-bond acceptors (Lipinski definition) is 3. The molecule has 0 spiro atoms. The Balaban J connectivity index is 2.60. The average molecular weight is 161 g/mol. The number of amides is 2. The molecule has 11 heavy (non-hydrogen) atoms. The predicted molar refractivity (Wildman–Crippen MR) is 33.6 cm³/mol. The van der Waals surface area contributed by atoms with Crippen molar-refractivity contribution in [3.63, 3.8) is 0 Å². The van der Waals surface area contributed by atoms with Gasteiger partial charge in [0, 0.05) is 0 Å². The second kappa shape index (κ2) is 2.86. The van der Waals surface area contributed by atoms with E-state index in [2.05, 4.69) is 4.74 Å². The van der Waals surface area contributed by atoms with E-state index in [1.807, 2.05) is 0 Å². The quantitative estimate of drug-likeness (QED) is 0.556. The fraction of sp³-hybridized carbons (Fsp3) is 0.667. The Bertz CT molecular complexity index is 192. The van der Waals surface area contributed by atoms with E-state index in [0.717, 1.165) is 11.8 Å². The molecule has 1 heterocycles. The Morgan fingerprint density at radius 3 is 2.82 bits per heavy atom. The maximum Gasteiger partial charge on any atom is 0.416 e. The molecular weight excluding hydrogens is 153 g/mol. The van der Waals surface area contributed by atoms with E-state index in [0.29, 0.717) is 0 Å². The van der Waals surface area contributed by atoms with Crippen LogP contribution in [0.1, 0.15) is 6.92 Å². The van der Waals surface area contributed by atoms with Crippen molar-refractivity contribution in [1.29, 1.82) is 0 Å². The van der Waals surface area contributed by atoms with Crippen LogP contribution in [0, 0.1) is 0 Å². The molecule has 62 valence electrons. The average Bonchev–Trinajstić information content (AvgIpc) is 2.33. The Kier molecular flexibility index (Phi) is 2.07. The van der Waals surface area contributed by atoms with Gasteiger partial charge < -0.3 is 4.74 Å². The molecule has 0 aliphatic carbocycles. The van der Waals surface area contributed by atoms with Crippen molar-refractivity contribution in [2.75, 3.05) is 13.2 Å². The Morgan fingerprint density at radius 2 is 2.45 bits per heavy atom.